The molecular weight excluding hydrogens is 242 g/mol. The molecule has 0 aliphatic carbocycles. The van der Waals surface area contributed by atoms with Gasteiger partial charge in [0.05, 0.1) is 12.7 Å². The summed E-state index contributed by atoms with van der Waals surface area (Å²) >= 11 is 0. The molecule has 0 radical (unpaired) electrons. The van der Waals surface area contributed by atoms with Crippen molar-refractivity contribution in [2.45, 2.75) is 13.3 Å². The third-order valence-corrected chi connectivity index (χ3v) is 2.81. The first-order valence-corrected chi connectivity index (χ1v) is 6.09. The largest absolute Gasteiger partial charge is 0.496 e. The first kappa shape index (κ1) is 13.3. The summed E-state index contributed by atoms with van der Waals surface area (Å²) in [6, 6.07) is 7.22. The molecule has 2 aromatic rings. The van der Waals surface area contributed by atoms with E-state index in [1.165, 1.54) is 6.07 Å². The Bertz CT molecular complexity index is 635. The highest BCUT2D eigenvalue weighted by molar-refractivity contribution is 5.64. The predicted octanol–water partition coefficient (Wildman–Crippen LogP) is 1.26. The van der Waals surface area contributed by atoms with E-state index >= 15 is 0 Å². The fourth-order valence-electron chi connectivity index (χ4n) is 1.91. The normalized spacial score (nSPS) is 10.5. The summed E-state index contributed by atoms with van der Waals surface area (Å²) in [5, 5.41) is 0. The third-order valence-electron chi connectivity index (χ3n) is 2.81. The number of aromatic amines is 1. The van der Waals surface area contributed by atoms with E-state index in [-0.39, 0.29) is 5.56 Å². The number of nitrogens with one attached hydrogen (secondary N) is 1. The molecule has 3 N–H and O–H groups in total. The second-order valence-corrected chi connectivity index (χ2v) is 4.33. The van der Waals surface area contributed by atoms with Gasteiger partial charge < -0.3 is 15.5 Å². The van der Waals surface area contributed by atoms with Crippen molar-refractivity contribution >= 4 is 0 Å². The molecule has 1 aromatic carbocycles. The molecule has 0 saturated carbocycles. The fraction of sp³-hybridized carbons (Fsp3) is 0.286. The first-order chi connectivity index (χ1) is 9.13. The van der Waals surface area contributed by atoms with Crippen LogP contribution >= 0.6 is 0 Å². The minimum atomic E-state index is -0.184. The van der Waals surface area contributed by atoms with Gasteiger partial charge in [0.1, 0.15) is 11.6 Å². The zero-order valence-corrected chi connectivity index (χ0v) is 11.1. The Morgan fingerprint density at radius 3 is 2.84 bits per heavy atom. The Morgan fingerprint density at radius 2 is 2.16 bits per heavy atom. The molecule has 0 aliphatic rings. The van der Waals surface area contributed by atoms with Gasteiger partial charge in [0.15, 0.2) is 0 Å². The highest BCUT2D eigenvalue weighted by atomic mass is 16.5. The Hall–Kier alpha value is -2.14. The van der Waals surface area contributed by atoms with Crippen LogP contribution in [-0.2, 0) is 6.42 Å². The van der Waals surface area contributed by atoms with Crippen molar-refractivity contribution in [2.24, 2.45) is 5.73 Å². The van der Waals surface area contributed by atoms with Gasteiger partial charge in [-0.1, -0.05) is 6.07 Å². The molecule has 0 amide bonds. The number of rotatable bonds is 4. The van der Waals surface area contributed by atoms with Gasteiger partial charge in [0, 0.05) is 18.2 Å². The number of hydrogen-bond acceptors (Lipinski definition) is 4. The van der Waals surface area contributed by atoms with Crippen molar-refractivity contribution in [3.05, 3.63) is 45.9 Å². The molecular formula is C14H17N3O2. The van der Waals surface area contributed by atoms with Gasteiger partial charge in [-0.3, -0.25) is 4.79 Å². The first-order valence-electron chi connectivity index (χ1n) is 6.09. The van der Waals surface area contributed by atoms with Gasteiger partial charge >= 0.3 is 0 Å². The zero-order chi connectivity index (χ0) is 13.8. The van der Waals surface area contributed by atoms with Crippen molar-refractivity contribution in [3.63, 3.8) is 0 Å². The summed E-state index contributed by atoms with van der Waals surface area (Å²) in [5.41, 5.74) is 7.85. The number of H-pyrrole nitrogens is 1. The number of aryl methyl sites for hydroxylation is 1. The molecule has 1 heterocycles. The van der Waals surface area contributed by atoms with Gasteiger partial charge in [0.25, 0.3) is 5.56 Å². The van der Waals surface area contributed by atoms with Crippen LogP contribution in [0.25, 0.3) is 11.4 Å². The topological polar surface area (TPSA) is 81.0 Å². The molecule has 0 fully saturated rings. The average molecular weight is 259 g/mol. The van der Waals surface area contributed by atoms with E-state index in [9.17, 15) is 4.79 Å². The van der Waals surface area contributed by atoms with E-state index in [0.29, 0.717) is 30.2 Å². The van der Waals surface area contributed by atoms with Crippen LogP contribution in [0.4, 0.5) is 0 Å². The predicted molar refractivity (Wildman–Crippen MR) is 74.3 cm³/mol. The molecule has 5 heteroatoms. The third kappa shape index (κ3) is 3.00. The molecule has 0 saturated heterocycles. The molecule has 0 bridgehead atoms. The lowest BCUT2D eigenvalue weighted by Crippen LogP contribution is -2.13. The number of ether oxygens (including phenoxy) is 1. The highest BCUT2D eigenvalue weighted by Crippen LogP contribution is 2.27. The van der Waals surface area contributed by atoms with Crippen LogP contribution in [0.1, 0.15) is 11.3 Å². The van der Waals surface area contributed by atoms with E-state index in [2.05, 4.69) is 9.97 Å². The summed E-state index contributed by atoms with van der Waals surface area (Å²) in [4.78, 5) is 18.8. The van der Waals surface area contributed by atoms with Crippen molar-refractivity contribution in [2.75, 3.05) is 13.7 Å². The van der Waals surface area contributed by atoms with Crippen LogP contribution in [0.2, 0.25) is 0 Å². The SMILES string of the molecule is COc1cc(C)ccc1-c1nc(CCN)cc(=O)[nH]1. The number of benzene rings is 1. The lowest BCUT2D eigenvalue weighted by Gasteiger charge is -2.09. The standard InChI is InChI=1S/C14H17N3O2/c1-9-3-4-11(12(7-9)19-2)14-16-10(5-6-15)8-13(18)17-14/h3-4,7-8H,5-6,15H2,1-2H3,(H,16,17,18). The molecule has 100 valence electrons. The molecule has 5 nitrogen and oxygen atoms in total. The van der Waals surface area contributed by atoms with E-state index in [1.54, 1.807) is 7.11 Å². The Morgan fingerprint density at radius 1 is 1.37 bits per heavy atom. The van der Waals surface area contributed by atoms with Crippen LogP contribution in [0.15, 0.2) is 29.1 Å². The average Bonchev–Trinajstić information content (AvgIpc) is 2.38. The Labute approximate surface area is 111 Å². The summed E-state index contributed by atoms with van der Waals surface area (Å²) in [5.74, 6) is 1.20. The van der Waals surface area contributed by atoms with Gasteiger partial charge in [-0.05, 0) is 31.2 Å². The van der Waals surface area contributed by atoms with E-state index in [0.717, 1.165) is 11.1 Å². The van der Waals surface area contributed by atoms with Gasteiger partial charge in [-0.15, -0.1) is 0 Å². The van der Waals surface area contributed by atoms with Crippen molar-refractivity contribution < 1.29 is 4.74 Å². The monoisotopic (exact) mass is 259 g/mol. The summed E-state index contributed by atoms with van der Waals surface area (Å²) < 4.78 is 5.33. The zero-order valence-electron chi connectivity index (χ0n) is 11.1. The molecule has 0 atom stereocenters. The van der Waals surface area contributed by atoms with Gasteiger partial charge in [-0.25, -0.2) is 4.98 Å². The van der Waals surface area contributed by atoms with Crippen molar-refractivity contribution in [3.8, 4) is 17.1 Å². The molecule has 0 unspecified atom stereocenters. The Balaban J connectivity index is 2.55. The molecule has 1 aromatic heterocycles. The maximum atomic E-state index is 11.6. The lowest BCUT2D eigenvalue weighted by atomic mass is 10.1. The number of aromatic nitrogens is 2. The summed E-state index contributed by atoms with van der Waals surface area (Å²) in [7, 11) is 1.60. The molecule has 19 heavy (non-hydrogen) atoms. The number of nitrogens with two attached hydrogens (primary N) is 1. The van der Waals surface area contributed by atoms with Crippen LogP contribution in [0.5, 0.6) is 5.75 Å². The summed E-state index contributed by atoms with van der Waals surface area (Å²) in [6.45, 7) is 2.44. The van der Waals surface area contributed by atoms with Crippen LogP contribution in [0, 0.1) is 6.92 Å². The second kappa shape index (κ2) is 5.67. The van der Waals surface area contributed by atoms with Crippen molar-refractivity contribution in [1.29, 1.82) is 0 Å². The maximum absolute atomic E-state index is 11.6. The number of hydrogen-bond donors (Lipinski definition) is 2. The highest BCUT2D eigenvalue weighted by Gasteiger charge is 2.09. The fourth-order valence-corrected chi connectivity index (χ4v) is 1.91. The van der Waals surface area contributed by atoms with Gasteiger partial charge in [0.2, 0.25) is 0 Å². The maximum Gasteiger partial charge on any atom is 0.251 e. The second-order valence-electron chi connectivity index (χ2n) is 4.33. The van der Waals surface area contributed by atoms with E-state index in [4.69, 9.17) is 10.5 Å². The molecule has 0 aliphatic heterocycles. The Kier molecular flexibility index (Phi) is 3.97. The van der Waals surface area contributed by atoms with Crippen molar-refractivity contribution in [1.82, 2.24) is 9.97 Å². The van der Waals surface area contributed by atoms with Gasteiger partial charge in [-0.2, -0.15) is 0 Å². The van der Waals surface area contributed by atoms with E-state index in [1.807, 2.05) is 25.1 Å². The lowest BCUT2D eigenvalue weighted by molar-refractivity contribution is 0.416. The van der Waals surface area contributed by atoms with Crippen LogP contribution in [-0.4, -0.2) is 23.6 Å². The smallest absolute Gasteiger partial charge is 0.251 e. The minimum absolute atomic E-state index is 0.184. The molecule has 2 rings (SSSR count). The summed E-state index contributed by atoms with van der Waals surface area (Å²) in [6.07, 6.45) is 0.575. The van der Waals surface area contributed by atoms with Crippen LogP contribution < -0.4 is 16.0 Å². The number of nitrogens with zero attached hydrogens (tertiary/aromatic N) is 1. The minimum Gasteiger partial charge on any atom is -0.496 e. The number of methoxy groups -OCH3 is 1. The van der Waals surface area contributed by atoms with Crippen LogP contribution in [0.3, 0.4) is 0 Å². The van der Waals surface area contributed by atoms with E-state index < -0.39 is 0 Å². The quantitative estimate of drug-likeness (QED) is 0.866. The molecule has 0 spiro atoms.